The molecule has 0 fully saturated rings. The molecule has 2 atom stereocenters. The first-order valence-electron chi connectivity index (χ1n) is 6.97. The number of rotatable bonds is 7. The molecule has 0 aliphatic carbocycles. The highest BCUT2D eigenvalue weighted by atomic mass is 16.5. The zero-order valence-electron chi connectivity index (χ0n) is 12.3. The predicted octanol–water partition coefficient (Wildman–Crippen LogP) is 3.60. The van der Waals surface area contributed by atoms with Gasteiger partial charge in [0.2, 0.25) is 0 Å². The average molecular weight is 277 g/mol. The number of nitrogens with zero attached hydrogens (tertiary/aromatic N) is 1. The van der Waals surface area contributed by atoms with E-state index in [4.69, 9.17) is 9.94 Å². The number of benzene rings is 1. The number of esters is 1. The van der Waals surface area contributed by atoms with Crippen molar-refractivity contribution in [2.45, 2.75) is 45.6 Å². The largest absolute Gasteiger partial charge is 0.462 e. The van der Waals surface area contributed by atoms with Gasteiger partial charge in [-0.3, -0.25) is 4.79 Å². The molecule has 0 heterocycles. The second-order valence-corrected chi connectivity index (χ2v) is 5.25. The fourth-order valence-corrected chi connectivity index (χ4v) is 2.03. The number of hydrogen-bond donors (Lipinski definition) is 1. The minimum absolute atomic E-state index is 0.163. The van der Waals surface area contributed by atoms with E-state index < -0.39 is 5.92 Å². The van der Waals surface area contributed by atoms with Crippen LogP contribution in [0.15, 0.2) is 35.5 Å². The fraction of sp³-hybridized carbons (Fsp3) is 0.500. The monoisotopic (exact) mass is 277 g/mol. The molecule has 4 nitrogen and oxygen atoms in total. The maximum absolute atomic E-state index is 11.9. The highest BCUT2D eigenvalue weighted by Crippen LogP contribution is 2.23. The van der Waals surface area contributed by atoms with Crippen LogP contribution >= 0.6 is 0 Å². The molecular weight excluding hydrogens is 254 g/mol. The summed E-state index contributed by atoms with van der Waals surface area (Å²) >= 11 is 0. The van der Waals surface area contributed by atoms with Crippen LogP contribution in [-0.2, 0) is 9.53 Å². The predicted molar refractivity (Wildman–Crippen MR) is 79.1 cm³/mol. The van der Waals surface area contributed by atoms with E-state index in [1.807, 2.05) is 18.2 Å². The molecule has 0 saturated carbocycles. The number of carbonyl (C=O) groups is 1. The summed E-state index contributed by atoms with van der Waals surface area (Å²) in [6.45, 7) is 5.73. The Labute approximate surface area is 120 Å². The maximum Gasteiger partial charge on any atom is 0.314 e. The number of oxime groups is 1. The lowest BCUT2D eigenvalue weighted by Gasteiger charge is -2.16. The van der Waals surface area contributed by atoms with E-state index >= 15 is 0 Å². The molecule has 4 heteroatoms. The third kappa shape index (κ3) is 5.43. The Hall–Kier alpha value is -1.84. The Morgan fingerprint density at radius 3 is 2.45 bits per heavy atom. The molecule has 1 N–H and O–H groups in total. The molecule has 0 saturated heterocycles. The van der Waals surface area contributed by atoms with E-state index in [1.165, 1.54) is 11.8 Å². The lowest BCUT2D eigenvalue weighted by atomic mass is 9.92. The van der Waals surface area contributed by atoms with Gasteiger partial charge >= 0.3 is 5.97 Å². The average Bonchev–Trinajstić information content (AvgIpc) is 2.43. The van der Waals surface area contributed by atoms with Gasteiger partial charge in [-0.2, -0.15) is 0 Å². The normalized spacial score (nSPS) is 14.4. The number of carbonyl (C=O) groups excluding carboxylic acids is 1. The molecule has 0 spiro atoms. The first-order valence-corrected chi connectivity index (χ1v) is 6.97. The minimum Gasteiger partial charge on any atom is -0.462 e. The molecule has 110 valence electrons. The summed E-state index contributed by atoms with van der Waals surface area (Å²) in [7, 11) is 0. The van der Waals surface area contributed by atoms with Crippen molar-refractivity contribution >= 4 is 12.2 Å². The van der Waals surface area contributed by atoms with Gasteiger partial charge in [-0.25, -0.2) is 0 Å². The molecule has 20 heavy (non-hydrogen) atoms. The topological polar surface area (TPSA) is 58.9 Å². The minimum atomic E-state index is -0.492. The van der Waals surface area contributed by atoms with Crippen LogP contribution in [0.3, 0.4) is 0 Å². The summed E-state index contributed by atoms with van der Waals surface area (Å²) < 4.78 is 5.16. The summed E-state index contributed by atoms with van der Waals surface area (Å²) in [5.41, 5.74) is 1.24. The maximum atomic E-state index is 11.9. The van der Waals surface area contributed by atoms with Gasteiger partial charge in [0, 0.05) is 0 Å². The summed E-state index contributed by atoms with van der Waals surface area (Å²) in [6, 6.07) is 10.1. The van der Waals surface area contributed by atoms with Gasteiger partial charge in [0.05, 0.1) is 18.2 Å². The van der Waals surface area contributed by atoms with E-state index in [0.29, 0.717) is 12.3 Å². The molecule has 0 aliphatic rings. The molecule has 1 aromatic carbocycles. The van der Waals surface area contributed by atoms with Crippen LogP contribution < -0.4 is 0 Å². The SMILES string of the molecule is CC(C)OC(=O)C(/C=N\O)CCC(C)c1ccccc1. The quantitative estimate of drug-likeness (QED) is 0.358. The first kappa shape index (κ1) is 16.2. The van der Waals surface area contributed by atoms with Gasteiger partial charge in [-0.05, 0) is 38.2 Å². The standard InChI is InChI=1S/C16H23NO3/c1-12(2)20-16(18)15(11-17-19)10-9-13(3)14-7-5-4-6-8-14/h4-8,11-13,15,19H,9-10H2,1-3H3/b17-11-. The molecule has 0 aliphatic heterocycles. The third-order valence-corrected chi connectivity index (χ3v) is 3.18. The van der Waals surface area contributed by atoms with Crippen molar-refractivity contribution in [2.75, 3.05) is 0 Å². The number of ether oxygens (including phenoxy) is 1. The van der Waals surface area contributed by atoms with Crippen molar-refractivity contribution in [3.63, 3.8) is 0 Å². The summed E-state index contributed by atoms with van der Waals surface area (Å²) in [6.07, 6.45) is 2.52. The Bertz CT molecular complexity index is 429. The lowest BCUT2D eigenvalue weighted by molar-refractivity contribution is -0.150. The van der Waals surface area contributed by atoms with Gasteiger partial charge in [0.1, 0.15) is 0 Å². The molecule has 2 unspecified atom stereocenters. The van der Waals surface area contributed by atoms with Crippen LogP contribution in [0, 0.1) is 5.92 Å². The van der Waals surface area contributed by atoms with Crippen molar-refractivity contribution < 1.29 is 14.7 Å². The van der Waals surface area contributed by atoms with Crippen LogP contribution in [0.1, 0.15) is 45.1 Å². The zero-order chi connectivity index (χ0) is 15.0. The summed E-state index contributed by atoms with van der Waals surface area (Å²) in [5, 5.41) is 11.7. The Morgan fingerprint density at radius 2 is 1.90 bits per heavy atom. The van der Waals surface area contributed by atoms with Crippen molar-refractivity contribution in [2.24, 2.45) is 11.1 Å². The Kier molecular flexibility index (Phi) is 6.77. The zero-order valence-corrected chi connectivity index (χ0v) is 12.3. The van der Waals surface area contributed by atoms with Crippen LogP contribution in [-0.4, -0.2) is 23.5 Å². The van der Waals surface area contributed by atoms with Gasteiger partial charge in [0.15, 0.2) is 0 Å². The molecule has 0 bridgehead atoms. The molecule has 0 aromatic heterocycles. The second kappa shape index (κ2) is 8.35. The molecular formula is C16H23NO3. The summed E-state index contributed by atoms with van der Waals surface area (Å²) in [4.78, 5) is 11.9. The fourth-order valence-electron chi connectivity index (χ4n) is 2.03. The van der Waals surface area contributed by atoms with Crippen molar-refractivity contribution in [3.05, 3.63) is 35.9 Å². The number of hydrogen-bond acceptors (Lipinski definition) is 4. The van der Waals surface area contributed by atoms with E-state index in [1.54, 1.807) is 13.8 Å². The first-order chi connectivity index (χ1) is 9.54. The van der Waals surface area contributed by atoms with E-state index in [-0.39, 0.29) is 12.1 Å². The van der Waals surface area contributed by atoms with Crippen molar-refractivity contribution in [3.8, 4) is 0 Å². The van der Waals surface area contributed by atoms with Crippen LogP contribution in [0.25, 0.3) is 0 Å². The lowest BCUT2D eigenvalue weighted by Crippen LogP contribution is -2.22. The Morgan fingerprint density at radius 1 is 1.25 bits per heavy atom. The Balaban J connectivity index is 2.56. The van der Waals surface area contributed by atoms with Gasteiger partial charge in [-0.15, -0.1) is 5.16 Å². The van der Waals surface area contributed by atoms with Gasteiger partial charge < -0.3 is 9.94 Å². The van der Waals surface area contributed by atoms with Gasteiger partial charge in [0.25, 0.3) is 0 Å². The molecule has 1 aromatic rings. The third-order valence-electron chi connectivity index (χ3n) is 3.18. The second-order valence-electron chi connectivity index (χ2n) is 5.25. The highest BCUT2D eigenvalue weighted by Gasteiger charge is 2.20. The van der Waals surface area contributed by atoms with E-state index in [9.17, 15) is 4.79 Å². The smallest absolute Gasteiger partial charge is 0.314 e. The van der Waals surface area contributed by atoms with Gasteiger partial charge in [-0.1, -0.05) is 37.3 Å². The van der Waals surface area contributed by atoms with Crippen molar-refractivity contribution in [1.29, 1.82) is 0 Å². The van der Waals surface area contributed by atoms with Crippen molar-refractivity contribution in [1.82, 2.24) is 0 Å². The molecule has 0 radical (unpaired) electrons. The van der Waals surface area contributed by atoms with E-state index in [0.717, 1.165) is 6.42 Å². The summed E-state index contributed by atoms with van der Waals surface area (Å²) in [5.74, 6) is -0.482. The van der Waals surface area contributed by atoms with Crippen LogP contribution in [0.4, 0.5) is 0 Å². The van der Waals surface area contributed by atoms with E-state index in [2.05, 4.69) is 24.2 Å². The van der Waals surface area contributed by atoms with Crippen LogP contribution in [0.5, 0.6) is 0 Å². The highest BCUT2D eigenvalue weighted by molar-refractivity contribution is 5.89. The molecule has 0 amide bonds. The molecule has 1 rings (SSSR count). The van der Waals surface area contributed by atoms with Crippen LogP contribution in [0.2, 0.25) is 0 Å².